The molecule has 0 radical (unpaired) electrons. The molecule has 4 atom stereocenters. The number of esters is 1. The fourth-order valence-corrected chi connectivity index (χ4v) is 2.92. The van der Waals surface area contributed by atoms with Gasteiger partial charge in [-0.2, -0.15) is 0 Å². The molecule has 0 amide bonds. The highest BCUT2D eigenvalue weighted by atomic mass is 16.5. The molecule has 0 aromatic carbocycles. The smallest absolute Gasteiger partial charge is 0.323 e. The molecule has 0 spiro atoms. The number of nitrogens with one attached hydrogen (secondary N) is 1. The predicted molar refractivity (Wildman–Crippen MR) is 64.5 cm³/mol. The zero-order valence-electron chi connectivity index (χ0n) is 10.5. The summed E-state index contributed by atoms with van der Waals surface area (Å²) in [6.07, 6.45) is 5.86. The summed E-state index contributed by atoms with van der Waals surface area (Å²) in [7, 11) is 0. The van der Waals surface area contributed by atoms with Crippen LogP contribution in [0.5, 0.6) is 0 Å². The van der Waals surface area contributed by atoms with Crippen molar-refractivity contribution in [3.8, 4) is 0 Å². The third kappa shape index (κ3) is 3.19. The molecule has 2 fully saturated rings. The minimum atomic E-state index is -0.402. The fraction of sp³-hybridized carbons (Fsp3) is 0.923. The van der Waals surface area contributed by atoms with Crippen LogP contribution < -0.4 is 5.32 Å². The van der Waals surface area contributed by atoms with Crippen molar-refractivity contribution in [2.45, 2.75) is 63.7 Å². The number of hydrogen-bond donors (Lipinski definition) is 2. The number of rotatable bonds is 3. The van der Waals surface area contributed by atoms with E-state index in [9.17, 15) is 9.90 Å². The molecule has 17 heavy (non-hydrogen) atoms. The van der Waals surface area contributed by atoms with E-state index < -0.39 is 6.10 Å². The largest absolute Gasteiger partial charge is 0.461 e. The van der Waals surface area contributed by atoms with E-state index in [-0.39, 0.29) is 18.1 Å². The summed E-state index contributed by atoms with van der Waals surface area (Å²) in [6, 6.07) is -0.301. The van der Waals surface area contributed by atoms with Gasteiger partial charge in [-0.05, 0) is 31.6 Å². The summed E-state index contributed by atoms with van der Waals surface area (Å²) in [5, 5.41) is 12.4. The Labute approximate surface area is 103 Å². The minimum Gasteiger partial charge on any atom is -0.461 e. The van der Waals surface area contributed by atoms with Crippen molar-refractivity contribution in [1.82, 2.24) is 5.32 Å². The molecule has 98 valence electrons. The van der Waals surface area contributed by atoms with Gasteiger partial charge in [-0.1, -0.05) is 13.3 Å². The normalized spacial score (nSPS) is 38.0. The van der Waals surface area contributed by atoms with Gasteiger partial charge in [0.25, 0.3) is 0 Å². The van der Waals surface area contributed by atoms with E-state index >= 15 is 0 Å². The first-order chi connectivity index (χ1) is 8.20. The first kappa shape index (κ1) is 12.8. The Morgan fingerprint density at radius 1 is 1.41 bits per heavy atom. The first-order valence-electron chi connectivity index (χ1n) is 6.82. The molecule has 0 aromatic heterocycles. The molecule has 0 aromatic rings. The number of carbonyl (C=O) groups is 1. The molecule has 2 rings (SSSR count). The van der Waals surface area contributed by atoms with Crippen molar-refractivity contribution >= 4 is 5.97 Å². The number of aliphatic hydroxyl groups is 1. The molecule has 1 heterocycles. The van der Waals surface area contributed by atoms with Crippen LogP contribution in [0.15, 0.2) is 0 Å². The van der Waals surface area contributed by atoms with Crippen LogP contribution in [-0.2, 0) is 9.53 Å². The van der Waals surface area contributed by atoms with Gasteiger partial charge in [-0.3, -0.25) is 4.79 Å². The van der Waals surface area contributed by atoms with Crippen LogP contribution in [0.1, 0.15) is 45.4 Å². The van der Waals surface area contributed by atoms with Crippen molar-refractivity contribution in [2.24, 2.45) is 5.92 Å². The number of carbonyl (C=O) groups excluding carboxylic acids is 1. The molecular weight excluding hydrogens is 218 g/mol. The second-order valence-electron chi connectivity index (χ2n) is 5.28. The Bertz CT molecular complexity index is 269. The lowest BCUT2D eigenvalue weighted by Gasteiger charge is -2.31. The summed E-state index contributed by atoms with van der Waals surface area (Å²) in [4.78, 5) is 11.9. The van der Waals surface area contributed by atoms with Crippen LogP contribution in [-0.4, -0.2) is 35.9 Å². The molecule has 1 aliphatic heterocycles. The molecule has 2 unspecified atom stereocenters. The molecule has 4 heteroatoms. The lowest BCUT2D eigenvalue weighted by Crippen LogP contribution is -2.38. The Hall–Kier alpha value is -0.610. The van der Waals surface area contributed by atoms with Gasteiger partial charge in [0, 0.05) is 13.0 Å². The summed E-state index contributed by atoms with van der Waals surface area (Å²) in [6.45, 7) is 2.66. The first-order valence-corrected chi connectivity index (χ1v) is 6.82. The average molecular weight is 241 g/mol. The molecule has 0 bridgehead atoms. The summed E-state index contributed by atoms with van der Waals surface area (Å²) >= 11 is 0. The van der Waals surface area contributed by atoms with E-state index in [0.29, 0.717) is 18.9 Å². The summed E-state index contributed by atoms with van der Waals surface area (Å²) < 4.78 is 5.61. The van der Waals surface area contributed by atoms with Crippen molar-refractivity contribution in [1.29, 1.82) is 0 Å². The number of ether oxygens (including phenoxy) is 1. The van der Waals surface area contributed by atoms with Crippen molar-refractivity contribution < 1.29 is 14.6 Å². The van der Waals surface area contributed by atoms with Crippen molar-refractivity contribution in [3.63, 3.8) is 0 Å². The molecular formula is C13H23NO3. The highest BCUT2D eigenvalue weighted by Gasteiger charge is 2.33. The highest BCUT2D eigenvalue weighted by Crippen LogP contribution is 2.29. The number of aliphatic hydroxyl groups excluding tert-OH is 1. The highest BCUT2D eigenvalue weighted by molar-refractivity contribution is 5.76. The molecule has 1 aliphatic carbocycles. The van der Waals surface area contributed by atoms with E-state index in [0.717, 1.165) is 19.3 Å². The van der Waals surface area contributed by atoms with Gasteiger partial charge in [0.1, 0.15) is 12.1 Å². The van der Waals surface area contributed by atoms with Crippen LogP contribution in [0, 0.1) is 5.92 Å². The zero-order valence-corrected chi connectivity index (χ0v) is 10.5. The lowest BCUT2D eigenvalue weighted by molar-refractivity contribution is -0.156. The third-order valence-electron chi connectivity index (χ3n) is 4.02. The third-order valence-corrected chi connectivity index (χ3v) is 4.02. The molecule has 1 saturated heterocycles. The summed E-state index contributed by atoms with van der Waals surface area (Å²) in [5.41, 5.74) is 0. The van der Waals surface area contributed by atoms with Gasteiger partial charge in [0.2, 0.25) is 0 Å². The van der Waals surface area contributed by atoms with Crippen molar-refractivity contribution in [3.05, 3.63) is 0 Å². The molecule has 4 nitrogen and oxygen atoms in total. The van der Waals surface area contributed by atoms with Gasteiger partial charge in [-0.15, -0.1) is 0 Å². The van der Waals surface area contributed by atoms with Crippen LogP contribution in [0.3, 0.4) is 0 Å². The molecule has 1 saturated carbocycles. The van der Waals surface area contributed by atoms with Gasteiger partial charge in [0.05, 0.1) is 6.10 Å². The van der Waals surface area contributed by atoms with Crippen LogP contribution in [0.4, 0.5) is 0 Å². The Kier molecular flexibility index (Phi) is 4.40. The SMILES string of the molecule is CCC1CCCCC1OC(=O)[C@H]1C[C@@H](O)CN1. The average Bonchev–Trinajstić information content (AvgIpc) is 2.77. The molecule has 2 aliphatic rings. The van der Waals surface area contributed by atoms with Gasteiger partial charge < -0.3 is 15.2 Å². The maximum atomic E-state index is 11.9. The van der Waals surface area contributed by atoms with E-state index in [2.05, 4.69) is 12.2 Å². The van der Waals surface area contributed by atoms with Gasteiger partial charge >= 0.3 is 5.97 Å². The van der Waals surface area contributed by atoms with E-state index in [1.54, 1.807) is 0 Å². The maximum Gasteiger partial charge on any atom is 0.323 e. The number of hydrogen-bond acceptors (Lipinski definition) is 4. The van der Waals surface area contributed by atoms with Gasteiger partial charge in [-0.25, -0.2) is 0 Å². The van der Waals surface area contributed by atoms with Crippen LogP contribution in [0.2, 0.25) is 0 Å². The van der Waals surface area contributed by atoms with E-state index in [4.69, 9.17) is 4.74 Å². The van der Waals surface area contributed by atoms with Gasteiger partial charge in [0.15, 0.2) is 0 Å². The lowest BCUT2D eigenvalue weighted by atomic mass is 9.85. The maximum absolute atomic E-state index is 11.9. The Balaban J connectivity index is 1.84. The standard InChI is InChI=1S/C13H23NO3/c1-2-9-5-3-4-6-12(9)17-13(16)11-7-10(15)8-14-11/h9-12,14-15H,2-8H2,1H3/t9?,10-,11-,12?/m1/s1. The van der Waals surface area contributed by atoms with E-state index in [1.165, 1.54) is 12.8 Å². The topological polar surface area (TPSA) is 58.6 Å². The van der Waals surface area contributed by atoms with Crippen LogP contribution >= 0.6 is 0 Å². The Morgan fingerprint density at radius 2 is 2.18 bits per heavy atom. The second-order valence-corrected chi connectivity index (χ2v) is 5.28. The quantitative estimate of drug-likeness (QED) is 0.729. The minimum absolute atomic E-state index is 0.0980. The fourth-order valence-electron chi connectivity index (χ4n) is 2.92. The zero-order chi connectivity index (χ0) is 12.3. The predicted octanol–water partition coefficient (Wildman–Crippen LogP) is 1.22. The number of β-amino-alcohol motifs (C(OH)–C–C–N with tert-alkyl or cyclic N) is 1. The Morgan fingerprint density at radius 3 is 2.82 bits per heavy atom. The molecule has 2 N–H and O–H groups in total. The monoisotopic (exact) mass is 241 g/mol. The van der Waals surface area contributed by atoms with Crippen molar-refractivity contribution in [2.75, 3.05) is 6.54 Å². The second kappa shape index (κ2) is 5.83. The van der Waals surface area contributed by atoms with E-state index in [1.807, 2.05) is 0 Å². The summed E-state index contributed by atoms with van der Waals surface area (Å²) in [5.74, 6) is 0.353. The van der Waals surface area contributed by atoms with Crippen LogP contribution in [0.25, 0.3) is 0 Å².